The first-order chi connectivity index (χ1) is 11.6. The number of anilines is 1. The van der Waals surface area contributed by atoms with Crippen molar-refractivity contribution in [2.45, 2.75) is 38.3 Å². The first-order valence-corrected chi connectivity index (χ1v) is 8.35. The fraction of sp³-hybridized carbons (Fsp3) is 0.444. The third kappa shape index (κ3) is 2.83. The van der Waals surface area contributed by atoms with Crippen LogP contribution < -0.4 is 10.6 Å². The number of rotatable bonds is 3. The molecule has 1 aliphatic heterocycles. The molecule has 1 saturated carbocycles. The molecule has 1 amide bonds. The van der Waals surface area contributed by atoms with Gasteiger partial charge in [0.05, 0.1) is 18.6 Å². The SMILES string of the molecule is Cc1ncn(-c2ccc(NC(=O)C3CNC4(CC4)CO3)cc2)c1C. The first kappa shape index (κ1) is 15.4. The van der Waals surface area contributed by atoms with Crippen molar-refractivity contribution in [3.63, 3.8) is 0 Å². The predicted molar refractivity (Wildman–Crippen MR) is 91.4 cm³/mol. The Labute approximate surface area is 141 Å². The van der Waals surface area contributed by atoms with Crippen molar-refractivity contribution in [1.82, 2.24) is 14.9 Å². The van der Waals surface area contributed by atoms with Crippen LogP contribution >= 0.6 is 0 Å². The lowest BCUT2D eigenvalue weighted by Gasteiger charge is -2.29. The predicted octanol–water partition coefficient (Wildman–Crippen LogP) is 1.95. The third-order valence-corrected chi connectivity index (χ3v) is 5.03. The Bertz CT molecular complexity index is 752. The van der Waals surface area contributed by atoms with Gasteiger partial charge >= 0.3 is 0 Å². The van der Waals surface area contributed by atoms with Gasteiger partial charge in [0.15, 0.2) is 0 Å². The van der Waals surface area contributed by atoms with Crippen molar-refractivity contribution >= 4 is 11.6 Å². The molecule has 2 aromatic rings. The molecule has 1 aromatic carbocycles. The summed E-state index contributed by atoms with van der Waals surface area (Å²) in [6.07, 6.45) is 3.69. The number of imidazole rings is 1. The summed E-state index contributed by atoms with van der Waals surface area (Å²) in [4.78, 5) is 16.6. The molecule has 4 rings (SSSR count). The number of hydrogen-bond donors (Lipinski definition) is 2. The van der Waals surface area contributed by atoms with E-state index in [4.69, 9.17) is 4.74 Å². The molecule has 0 bridgehead atoms. The number of nitrogens with zero attached hydrogens (tertiary/aromatic N) is 2. The van der Waals surface area contributed by atoms with Crippen LogP contribution in [0.2, 0.25) is 0 Å². The number of aromatic nitrogens is 2. The highest BCUT2D eigenvalue weighted by atomic mass is 16.5. The minimum absolute atomic E-state index is 0.0968. The molecule has 1 saturated heterocycles. The van der Waals surface area contributed by atoms with Crippen molar-refractivity contribution in [3.8, 4) is 5.69 Å². The van der Waals surface area contributed by atoms with Gasteiger partial charge in [-0.3, -0.25) is 4.79 Å². The highest BCUT2D eigenvalue weighted by Crippen LogP contribution is 2.37. The maximum absolute atomic E-state index is 12.3. The molecule has 2 heterocycles. The van der Waals surface area contributed by atoms with Gasteiger partial charge in [0.1, 0.15) is 6.10 Å². The number of aryl methyl sites for hydroxylation is 1. The van der Waals surface area contributed by atoms with Gasteiger partial charge in [-0.2, -0.15) is 0 Å². The molecule has 126 valence electrons. The average molecular weight is 326 g/mol. The fourth-order valence-electron chi connectivity index (χ4n) is 3.01. The fourth-order valence-corrected chi connectivity index (χ4v) is 3.01. The monoisotopic (exact) mass is 326 g/mol. The van der Waals surface area contributed by atoms with E-state index in [1.807, 2.05) is 49.0 Å². The zero-order valence-electron chi connectivity index (χ0n) is 14.0. The Morgan fingerprint density at radius 2 is 2.08 bits per heavy atom. The number of benzene rings is 1. The normalized spacial score (nSPS) is 21.7. The zero-order valence-corrected chi connectivity index (χ0v) is 14.0. The van der Waals surface area contributed by atoms with Crippen LogP contribution in [0.1, 0.15) is 24.2 Å². The highest BCUT2D eigenvalue weighted by molar-refractivity contribution is 5.94. The number of nitrogens with one attached hydrogen (secondary N) is 2. The van der Waals surface area contributed by atoms with Gasteiger partial charge in [0.2, 0.25) is 0 Å². The summed E-state index contributed by atoms with van der Waals surface area (Å²) in [6.45, 7) is 5.24. The van der Waals surface area contributed by atoms with E-state index in [2.05, 4.69) is 15.6 Å². The van der Waals surface area contributed by atoms with E-state index < -0.39 is 6.10 Å². The van der Waals surface area contributed by atoms with Crippen LogP contribution in [0.3, 0.4) is 0 Å². The lowest BCUT2D eigenvalue weighted by molar-refractivity contribution is -0.130. The molecule has 1 atom stereocenters. The van der Waals surface area contributed by atoms with Crippen LogP contribution in [0.15, 0.2) is 30.6 Å². The highest BCUT2D eigenvalue weighted by Gasteiger charge is 2.46. The van der Waals surface area contributed by atoms with E-state index in [0.29, 0.717) is 13.2 Å². The summed E-state index contributed by atoms with van der Waals surface area (Å²) >= 11 is 0. The van der Waals surface area contributed by atoms with Gasteiger partial charge in [-0.1, -0.05) is 0 Å². The van der Waals surface area contributed by atoms with Crippen LogP contribution in [-0.2, 0) is 9.53 Å². The van der Waals surface area contributed by atoms with E-state index in [-0.39, 0.29) is 11.4 Å². The second-order valence-corrected chi connectivity index (χ2v) is 6.78. The second-order valence-electron chi connectivity index (χ2n) is 6.78. The largest absolute Gasteiger partial charge is 0.365 e. The number of morpholine rings is 1. The molecule has 1 spiro atoms. The molecule has 24 heavy (non-hydrogen) atoms. The lowest BCUT2D eigenvalue weighted by atomic mass is 10.2. The minimum atomic E-state index is -0.422. The van der Waals surface area contributed by atoms with E-state index >= 15 is 0 Å². The third-order valence-electron chi connectivity index (χ3n) is 5.03. The number of carbonyl (C=O) groups is 1. The van der Waals surface area contributed by atoms with E-state index in [9.17, 15) is 4.79 Å². The molecule has 6 heteroatoms. The van der Waals surface area contributed by atoms with Crippen LogP contribution in [-0.4, -0.2) is 40.3 Å². The van der Waals surface area contributed by atoms with Gasteiger partial charge in [0, 0.05) is 29.2 Å². The summed E-state index contributed by atoms with van der Waals surface area (Å²) < 4.78 is 7.75. The number of hydrogen-bond acceptors (Lipinski definition) is 4. The standard InChI is InChI=1S/C18H22N4O2/c1-12-13(2)22(11-19-12)15-5-3-14(4-6-15)21-17(23)16-9-20-18(7-8-18)10-24-16/h3-6,11,16,20H,7-10H2,1-2H3,(H,21,23). The van der Waals surface area contributed by atoms with Gasteiger partial charge < -0.3 is 19.9 Å². The number of ether oxygens (including phenoxy) is 1. The lowest BCUT2D eigenvalue weighted by Crippen LogP contribution is -2.52. The maximum Gasteiger partial charge on any atom is 0.254 e. The second kappa shape index (κ2) is 5.72. The average Bonchev–Trinajstić information content (AvgIpc) is 3.26. The van der Waals surface area contributed by atoms with Gasteiger partial charge in [0.25, 0.3) is 5.91 Å². The van der Waals surface area contributed by atoms with Crippen LogP contribution in [0.4, 0.5) is 5.69 Å². The smallest absolute Gasteiger partial charge is 0.254 e. The van der Waals surface area contributed by atoms with Crippen LogP contribution in [0.5, 0.6) is 0 Å². The van der Waals surface area contributed by atoms with Gasteiger partial charge in [-0.15, -0.1) is 0 Å². The number of amides is 1. The van der Waals surface area contributed by atoms with Gasteiger partial charge in [-0.25, -0.2) is 4.98 Å². The summed E-state index contributed by atoms with van der Waals surface area (Å²) in [5.74, 6) is -0.0968. The molecule has 2 fully saturated rings. The Morgan fingerprint density at radius 3 is 2.62 bits per heavy atom. The van der Waals surface area contributed by atoms with E-state index in [0.717, 1.165) is 35.6 Å². The number of carbonyl (C=O) groups excluding carboxylic acids is 1. The zero-order chi connectivity index (χ0) is 16.7. The Kier molecular flexibility index (Phi) is 3.66. The Morgan fingerprint density at radius 1 is 1.33 bits per heavy atom. The van der Waals surface area contributed by atoms with Gasteiger partial charge in [-0.05, 0) is 51.0 Å². The molecule has 6 nitrogen and oxygen atoms in total. The summed E-state index contributed by atoms with van der Waals surface area (Å²) in [6, 6.07) is 7.76. The summed E-state index contributed by atoms with van der Waals surface area (Å²) in [7, 11) is 0. The van der Waals surface area contributed by atoms with Crippen molar-refractivity contribution in [2.75, 3.05) is 18.5 Å². The minimum Gasteiger partial charge on any atom is -0.365 e. The molecular weight excluding hydrogens is 304 g/mol. The maximum atomic E-state index is 12.3. The molecule has 2 N–H and O–H groups in total. The summed E-state index contributed by atoms with van der Waals surface area (Å²) in [5, 5.41) is 6.36. The van der Waals surface area contributed by atoms with Crippen molar-refractivity contribution in [1.29, 1.82) is 0 Å². The van der Waals surface area contributed by atoms with E-state index in [1.54, 1.807) is 0 Å². The molecule has 1 aromatic heterocycles. The van der Waals surface area contributed by atoms with Crippen LogP contribution in [0.25, 0.3) is 5.69 Å². The molecule has 0 radical (unpaired) electrons. The Hall–Kier alpha value is -2.18. The van der Waals surface area contributed by atoms with Crippen LogP contribution in [0, 0.1) is 13.8 Å². The molecule has 2 aliphatic rings. The van der Waals surface area contributed by atoms with Crippen molar-refractivity contribution < 1.29 is 9.53 Å². The summed E-state index contributed by atoms with van der Waals surface area (Å²) in [5.41, 5.74) is 4.09. The molecule has 1 unspecified atom stereocenters. The van der Waals surface area contributed by atoms with Crippen molar-refractivity contribution in [3.05, 3.63) is 42.0 Å². The molecule has 1 aliphatic carbocycles. The van der Waals surface area contributed by atoms with E-state index in [1.165, 1.54) is 0 Å². The first-order valence-electron chi connectivity index (χ1n) is 8.35. The van der Waals surface area contributed by atoms with Crippen molar-refractivity contribution in [2.24, 2.45) is 0 Å². The quantitative estimate of drug-likeness (QED) is 0.905. The Balaban J connectivity index is 1.40. The topological polar surface area (TPSA) is 68.2 Å². The molecular formula is C18H22N4O2.